The van der Waals surface area contributed by atoms with E-state index in [2.05, 4.69) is 20.6 Å². The molecule has 1 saturated carbocycles. The van der Waals surface area contributed by atoms with E-state index < -0.39 is 0 Å². The molecule has 2 N–H and O–H groups in total. The smallest absolute Gasteiger partial charge is 0.222 e. The van der Waals surface area contributed by atoms with E-state index in [0.717, 1.165) is 37.2 Å². The summed E-state index contributed by atoms with van der Waals surface area (Å²) in [6.07, 6.45) is 5.50. The van der Waals surface area contributed by atoms with Gasteiger partial charge in [0, 0.05) is 30.8 Å². The molecule has 1 fully saturated rings. The Labute approximate surface area is 107 Å². The van der Waals surface area contributed by atoms with Crippen molar-refractivity contribution in [1.29, 1.82) is 0 Å². The average molecular weight is 248 g/mol. The monoisotopic (exact) mass is 248 g/mol. The van der Waals surface area contributed by atoms with Crippen LogP contribution >= 0.6 is 0 Å². The molecule has 0 aromatic carbocycles. The van der Waals surface area contributed by atoms with Gasteiger partial charge in [0.2, 0.25) is 5.91 Å². The van der Waals surface area contributed by atoms with Crippen molar-refractivity contribution in [1.82, 2.24) is 15.3 Å². The van der Waals surface area contributed by atoms with Gasteiger partial charge in [0.05, 0.1) is 0 Å². The molecule has 1 aliphatic rings. The number of amides is 1. The fourth-order valence-corrected chi connectivity index (χ4v) is 2.45. The number of nitrogens with zero attached hydrogens (tertiary/aromatic N) is 2. The fraction of sp³-hybridized carbons (Fsp3) is 0.615. The van der Waals surface area contributed by atoms with Crippen molar-refractivity contribution in [3.05, 3.63) is 18.1 Å². The van der Waals surface area contributed by atoms with Gasteiger partial charge in [0.1, 0.15) is 12.1 Å². The normalized spacial score (nSPS) is 23.4. The molecule has 0 spiro atoms. The Balaban J connectivity index is 1.85. The van der Waals surface area contributed by atoms with Crippen LogP contribution in [0.5, 0.6) is 0 Å². The topological polar surface area (TPSA) is 66.9 Å². The largest absolute Gasteiger partial charge is 0.367 e. The fourth-order valence-electron chi connectivity index (χ4n) is 2.45. The molecule has 1 amide bonds. The first-order chi connectivity index (χ1) is 8.69. The number of hydrogen-bond donors (Lipinski definition) is 2. The third-order valence-electron chi connectivity index (χ3n) is 3.50. The van der Waals surface area contributed by atoms with Crippen LogP contribution in [-0.4, -0.2) is 29.0 Å². The molecule has 1 heterocycles. The number of aromatic nitrogens is 2. The summed E-state index contributed by atoms with van der Waals surface area (Å²) >= 11 is 0. The highest BCUT2D eigenvalue weighted by molar-refractivity contribution is 5.78. The number of nitrogens with one attached hydrogen (secondary N) is 2. The van der Waals surface area contributed by atoms with Crippen molar-refractivity contribution >= 4 is 11.7 Å². The third kappa shape index (κ3) is 3.18. The maximum atomic E-state index is 11.5. The van der Waals surface area contributed by atoms with E-state index in [1.54, 1.807) is 13.4 Å². The molecule has 1 aromatic heterocycles. The van der Waals surface area contributed by atoms with Crippen LogP contribution < -0.4 is 10.6 Å². The van der Waals surface area contributed by atoms with Gasteiger partial charge in [0.25, 0.3) is 0 Å². The summed E-state index contributed by atoms with van der Waals surface area (Å²) in [6.45, 7) is 1.95. The number of aryl methyl sites for hydroxylation is 1. The van der Waals surface area contributed by atoms with Crippen LogP contribution in [0.4, 0.5) is 5.82 Å². The van der Waals surface area contributed by atoms with Gasteiger partial charge in [-0.15, -0.1) is 0 Å². The zero-order valence-electron chi connectivity index (χ0n) is 10.9. The SMILES string of the molecule is CNC(=O)[C@H]1CC[C@H](Nc2cc(C)ncn2)CC1. The van der Waals surface area contributed by atoms with Crippen LogP contribution in [0.15, 0.2) is 12.4 Å². The van der Waals surface area contributed by atoms with E-state index >= 15 is 0 Å². The minimum atomic E-state index is 0.173. The van der Waals surface area contributed by atoms with Crippen LogP contribution in [0, 0.1) is 12.8 Å². The van der Waals surface area contributed by atoms with Gasteiger partial charge in [-0.05, 0) is 32.6 Å². The van der Waals surface area contributed by atoms with Crippen molar-refractivity contribution in [2.45, 2.75) is 38.6 Å². The maximum absolute atomic E-state index is 11.5. The standard InChI is InChI=1S/C13H20N4O/c1-9-7-12(16-8-15-9)17-11-5-3-10(4-6-11)13(18)14-2/h7-8,10-11H,3-6H2,1-2H3,(H,14,18)(H,15,16,17)/t10-,11-. The molecule has 5 heteroatoms. The molecular formula is C13H20N4O. The third-order valence-corrected chi connectivity index (χ3v) is 3.50. The molecule has 0 bridgehead atoms. The summed E-state index contributed by atoms with van der Waals surface area (Å²) in [5.41, 5.74) is 0.964. The molecular weight excluding hydrogens is 228 g/mol. The number of carbonyl (C=O) groups is 1. The number of carbonyl (C=O) groups excluding carboxylic acids is 1. The van der Waals surface area contributed by atoms with Crippen LogP contribution in [-0.2, 0) is 4.79 Å². The van der Waals surface area contributed by atoms with Crippen LogP contribution in [0.25, 0.3) is 0 Å². The second-order valence-corrected chi connectivity index (χ2v) is 4.85. The van der Waals surface area contributed by atoms with Gasteiger partial charge in [-0.25, -0.2) is 9.97 Å². The van der Waals surface area contributed by atoms with Crippen molar-refractivity contribution in [2.75, 3.05) is 12.4 Å². The summed E-state index contributed by atoms with van der Waals surface area (Å²) in [5, 5.41) is 6.14. The number of anilines is 1. The molecule has 2 rings (SSSR count). The predicted octanol–water partition coefficient (Wildman–Crippen LogP) is 1.50. The van der Waals surface area contributed by atoms with Crippen molar-refractivity contribution in [3.8, 4) is 0 Å². The summed E-state index contributed by atoms with van der Waals surface area (Å²) < 4.78 is 0. The van der Waals surface area contributed by atoms with E-state index in [4.69, 9.17) is 0 Å². The highest BCUT2D eigenvalue weighted by Gasteiger charge is 2.25. The second kappa shape index (κ2) is 5.80. The Kier molecular flexibility index (Phi) is 4.12. The van der Waals surface area contributed by atoms with E-state index in [-0.39, 0.29) is 11.8 Å². The van der Waals surface area contributed by atoms with Crippen LogP contribution in [0.3, 0.4) is 0 Å². The molecule has 98 valence electrons. The molecule has 0 atom stereocenters. The molecule has 1 aromatic rings. The zero-order chi connectivity index (χ0) is 13.0. The molecule has 0 unspecified atom stereocenters. The first kappa shape index (κ1) is 12.8. The zero-order valence-corrected chi connectivity index (χ0v) is 10.9. The second-order valence-electron chi connectivity index (χ2n) is 4.85. The van der Waals surface area contributed by atoms with Gasteiger partial charge in [-0.1, -0.05) is 0 Å². The Morgan fingerprint density at radius 2 is 2.00 bits per heavy atom. The molecule has 0 aliphatic heterocycles. The lowest BCUT2D eigenvalue weighted by atomic mass is 9.85. The van der Waals surface area contributed by atoms with Crippen LogP contribution in [0.1, 0.15) is 31.4 Å². The van der Waals surface area contributed by atoms with E-state index in [9.17, 15) is 4.79 Å². The molecule has 18 heavy (non-hydrogen) atoms. The van der Waals surface area contributed by atoms with Crippen LogP contribution in [0.2, 0.25) is 0 Å². The number of rotatable bonds is 3. The summed E-state index contributed by atoms with van der Waals surface area (Å²) in [7, 11) is 1.70. The number of hydrogen-bond acceptors (Lipinski definition) is 4. The van der Waals surface area contributed by atoms with Gasteiger partial charge in [-0.3, -0.25) is 4.79 Å². The average Bonchev–Trinajstić information content (AvgIpc) is 2.39. The predicted molar refractivity (Wildman–Crippen MR) is 70.2 cm³/mol. The first-order valence-corrected chi connectivity index (χ1v) is 6.46. The van der Waals surface area contributed by atoms with Gasteiger partial charge >= 0.3 is 0 Å². The molecule has 1 aliphatic carbocycles. The Hall–Kier alpha value is -1.65. The lowest BCUT2D eigenvalue weighted by Crippen LogP contribution is -2.34. The van der Waals surface area contributed by atoms with E-state index in [0.29, 0.717) is 6.04 Å². The minimum absolute atomic E-state index is 0.173. The lowest BCUT2D eigenvalue weighted by molar-refractivity contribution is -0.125. The molecule has 0 radical (unpaired) electrons. The lowest BCUT2D eigenvalue weighted by Gasteiger charge is -2.28. The summed E-state index contributed by atoms with van der Waals surface area (Å²) in [5.74, 6) is 1.23. The Morgan fingerprint density at radius 1 is 1.28 bits per heavy atom. The quantitative estimate of drug-likeness (QED) is 0.850. The van der Waals surface area contributed by atoms with E-state index in [1.807, 2.05) is 13.0 Å². The highest BCUT2D eigenvalue weighted by Crippen LogP contribution is 2.26. The summed E-state index contributed by atoms with van der Waals surface area (Å²) in [6, 6.07) is 2.37. The van der Waals surface area contributed by atoms with E-state index in [1.165, 1.54) is 0 Å². The first-order valence-electron chi connectivity index (χ1n) is 6.46. The van der Waals surface area contributed by atoms with Crippen molar-refractivity contribution in [2.24, 2.45) is 5.92 Å². The van der Waals surface area contributed by atoms with Gasteiger partial charge in [-0.2, -0.15) is 0 Å². The van der Waals surface area contributed by atoms with Crippen molar-refractivity contribution < 1.29 is 4.79 Å². The molecule has 0 saturated heterocycles. The van der Waals surface area contributed by atoms with Gasteiger partial charge < -0.3 is 10.6 Å². The van der Waals surface area contributed by atoms with Gasteiger partial charge in [0.15, 0.2) is 0 Å². The minimum Gasteiger partial charge on any atom is -0.367 e. The Bertz CT molecular complexity index is 413. The maximum Gasteiger partial charge on any atom is 0.222 e. The summed E-state index contributed by atoms with van der Waals surface area (Å²) in [4.78, 5) is 19.8. The Morgan fingerprint density at radius 3 is 2.61 bits per heavy atom. The van der Waals surface area contributed by atoms with Crippen molar-refractivity contribution in [3.63, 3.8) is 0 Å². The highest BCUT2D eigenvalue weighted by atomic mass is 16.1. The molecule has 5 nitrogen and oxygen atoms in total.